The Bertz CT molecular complexity index is 1880. The number of allylic oxidation sites excluding steroid dienone is 3. The molecular weight excluding hydrogens is 732 g/mol. The molecule has 2 aromatic rings. The highest BCUT2D eigenvalue weighted by atomic mass is 35.5. The Morgan fingerprint density at radius 2 is 1.78 bits per heavy atom. The first-order valence-electron chi connectivity index (χ1n) is 18.2. The van der Waals surface area contributed by atoms with E-state index in [-0.39, 0.29) is 48.7 Å². The molecule has 3 aliphatic rings. The van der Waals surface area contributed by atoms with Gasteiger partial charge < -0.3 is 33.7 Å². The predicted molar refractivity (Wildman–Crippen MR) is 203 cm³/mol. The number of ether oxygens (including phenoxy) is 5. The molecule has 0 radical (unpaired) electrons. The summed E-state index contributed by atoms with van der Waals surface area (Å²) in [5, 5.41) is 14.4. The van der Waals surface area contributed by atoms with Gasteiger partial charge in [-0.2, -0.15) is 0 Å². The first-order valence-corrected chi connectivity index (χ1v) is 18.6. The summed E-state index contributed by atoms with van der Waals surface area (Å²) in [6.07, 6.45) is 1.10. The number of benzene rings is 2. The molecule has 3 heterocycles. The van der Waals surface area contributed by atoms with E-state index in [0.717, 1.165) is 11.1 Å². The van der Waals surface area contributed by atoms with Crippen molar-refractivity contribution in [2.24, 2.45) is 5.92 Å². The number of rotatable bonds is 9. The van der Waals surface area contributed by atoms with Crippen LogP contribution in [0.5, 0.6) is 5.75 Å². The van der Waals surface area contributed by atoms with Gasteiger partial charge >= 0.3 is 12.1 Å². The van der Waals surface area contributed by atoms with Crippen LogP contribution in [0, 0.1) is 5.92 Å². The molecule has 13 nitrogen and oxygen atoms in total. The van der Waals surface area contributed by atoms with Crippen molar-refractivity contribution in [1.82, 2.24) is 5.32 Å². The largest absolute Gasteiger partial charge is 0.495 e. The first kappa shape index (κ1) is 41.6. The number of anilines is 1. The Balaban J connectivity index is 1.43. The minimum Gasteiger partial charge on any atom is -0.495 e. The second kappa shape index (κ2) is 17.1. The number of Topliss-reactive ketones (excluding diaryl/α,β-unsaturated/α-hetero) is 2. The van der Waals surface area contributed by atoms with Crippen LogP contribution in [0.1, 0.15) is 86.1 Å². The summed E-state index contributed by atoms with van der Waals surface area (Å²) < 4.78 is 29.1. The Kier molecular flexibility index (Phi) is 12.9. The number of fused-ring (bicyclic) bond motifs is 5. The highest BCUT2D eigenvalue weighted by Gasteiger charge is 2.64. The van der Waals surface area contributed by atoms with Crippen molar-refractivity contribution < 1.29 is 52.8 Å². The summed E-state index contributed by atoms with van der Waals surface area (Å²) in [6.45, 7) is 6.88. The summed E-state index contributed by atoms with van der Waals surface area (Å²) in [4.78, 5) is 66.1. The summed E-state index contributed by atoms with van der Waals surface area (Å²) in [5.74, 6) is -1.52. The van der Waals surface area contributed by atoms with Gasteiger partial charge in [0, 0.05) is 50.5 Å². The number of ketones is 2. The molecule has 0 aromatic heterocycles. The number of hydrogen-bond donors (Lipinski definition) is 2. The molecule has 2 amide bonds. The second-order valence-electron chi connectivity index (χ2n) is 14.7. The molecule has 5 rings (SSSR count). The van der Waals surface area contributed by atoms with Crippen LogP contribution in [-0.2, 0) is 35.0 Å². The van der Waals surface area contributed by atoms with Gasteiger partial charge in [-0.3, -0.25) is 24.5 Å². The molecule has 0 spiro atoms. The van der Waals surface area contributed by atoms with Crippen molar-refractivity contribution >= 4 is 46.8 Å². The lowest BCUT2D eigenvalue weighted by atomic mass is 9.83. The van der Waals surface area contributed by atoms with E-state index in [1.165, 1.54) is 26.0 Å². The molecule has 0 saturated carbocycles. The zero-order valence-electron chi connectivity index (χ0n) is 32.2. The van der Waals surface area contributed by atoms with E-state index in [9.17, 15) is 29.1 Å². The molecule has 2 saturated heterocycles. The van der Waals surface area contributed by atoms with Gasteiger partial charge in [0.15, 0.2) is 17.3 Å². The second-order valence-corrected chi connectivity index (χ2v) is 15.1. The maximum Gasteiger partial charge on any atom is 0.409 e. The standard InChI is InChI=1S/C41H49ClN2O11/c1-23-10-8-12-33(52-7)41(50)22-32(53-39(49)43-41)24(2)38-40(4,55-38)34(21-35(47)44(5)29-19-26(18-23)20-31(51-6)37(29)42)54-36(48)13-9-11-30(46)28-16-14-27(15-17-28)25(3)45/h8,10,12,14-17,19-20,24,32-34,38,50H,9,11,13,18,21-22H2,1-7H3,(H,43,49)/b12-8+,23-10+/t24-,32+,33-,34+,38+,40+,41+/m1/s1. The highest BCUT2D eigenvalue weighted by molar-refractivity contribution is 6.35. The predicted octanol–water partition coefficient (Wildman–Crippen LogP) is 5.92. The molecule has 2 fully saturated rings. The van der Waals surface area contributed by atoms with Crippen molar-refractivity contribution in [3.8, 4) is 5.75 Å². The van der Waals surface area contributed by atoms with Crippen molar-refractivity contribution in [2.45, 2.75) is 102 Å². The van der Waals surface area contributed by atoms with Crippen LogP contribution in [0.3, 0.4) is 0 Å². The number of methoxy groups -OCH3 is 2. The number of esters is 1. The monoisotopic (exact) mass is 780 g/mol. The van der Waals surface area contributed by atoms with Gasteiger partial charge in [0.25, 0.3) is 0 Å². The Labute approximate surface area is 325 Å². The zero-order chi connectivity index (χ0) is 40.2. The van der Waals surface area contributed by atoms with E-state index in [2.05, 4.69) is 5.32 Å². The molecule has 2 N–H and O–H groups in total. The number of amides is 2. The average Bonchev–Trinajstić information content (AvgIpc) is 3.84. The van der Waals surface area contributed by atoms with E-state index in [4.69, 9.17) is 35.3 Å². The van der Waals surface area contributed by atoms with Crippen LogP contribution in [0.4, 0.5) is 10.5 Å². The van der Waals surface area contributed by atoms with Crippen molar-refractivity contribution in [3.05, 3.63) is 81.9 Å². The molecule has 2 aromatic carbocycles. The highest BCUT2D eigenvalue weighted by Crippen LogP contribution is 2.49. The minimum atomic E-state index is -1.83. The smallest absolute Gasteiger partial charge is 0.409 e. The van der Waals surface area contributed by atoms with E-state index >= 15 is 0 Å². The van der Waals surface area contributed by atoms with Gasteiger partial charge in [0.05, 0.1) is 25.3 Å². The van der Waals surface area contributed by atoms with Crippen LogP contribution in [0.2, 0.25) is 5.02 Å². The summed E-state index contributed by atoms with van der Waals surface area (Å²) in [5.41, 5.74) is 0.0114. The number of halogens is 1. The maximum atomic E-state index is 14.1. The molecule has 0 unspecified atom stereocenters. The zero-order valence-corrected chi connectivity index (χ0v) is 32.9. The van der Waals surface area contributed by atoms with Gasteiger partial charge in [-0.25, -0.2) is 4.79 Å². The number of carbonyl (C=O) groups excluding carboxylic acids is 5. The molecule has 0 aliphatic carbocycles. The van der Waals surface area contributed by atoms with Gasteiger partial charge in [0.2, 0.25) is 5.91 Å². The number of nitrogens with one attached hydrogen (secondary N) is 1. The minimum absolute atomic E-state index is 0.0524. The van der Waals surface area contributed by atoms with Crippen LogP contribution < -0.4 is 15.0 Å². The molecule has 7 atom stereocenters. The quantitative estimate of drug-likeness (QED) is 0.176. The molecule has 296 valence electrons. The van der Waals surface area contributed by atoms with Gasteiger partial charge in [-0.15, -0.1) is 0 Å². The Morgan fingerprint density at radius 1 is 1.09 bits per heavy atom. The van der Waals surface area contributed by atoms with E-state index in [1.807, 2.05) is 13.0 Å². The van der Waals surface area contributed by atoms with Crippen molar-refractivity contribution in [3.63, 3.8) is 0 Å². The summed E-state index contributed by atoms with van der Waals surface area (Å²) in [6, 6.07) is 9.91. The van der Waals surface area contributed by atoms with Crippen molar-refractivity contribution in [2.75, 3.05) is 26.2 Å². The molecule has 4 bridgehead atoms. The number of hydrogen-bond acceptors (Lipinski definition) is 11. The molecule has 3 aliphatic heterocycles. The number of epoxide rings is 1. The first-order chi connectivity index (χ1) is 26.0. The lowest BCUT2D eigenvalue weighted by molar-refractivity contribution is -0.153. The average molecular weight is 781 g/mol. The maximum absolute atomic E-state index is 14.1. The van der Waals surface area contributed by atoms with Gasteiger partial charge in [0.1, 0.15) is 34.7 Å². The van der Waals surface area contributed by atoms with E-state index in [0.29, 0.717) is 29.0 Å². The third-order valence-electron chi connectivity index (χ3n) is 10.6. The summed E-state index contributed by atoms with van der Waals surface area (Å²) >= 11 is 6.75. The third-order valence-corrected chi connectivity index (χ3v) is 11.0. The Hall–Kier alpha value is -4.56. The fourth-order valence-corrected chi connectivity index (χ4v) is 7.56. The van der Waals surface area contributed by atoms with E-state index in [1.54, 1.807) is 69.4 Å². The topological polar surface area (TPSA) is 170 Å². The lowest BCUT2D eigenvalue weighted by Gasteiger charge is -2.42. The summed E-state index contributed by atoms with van der Waals surface area (Å²) in [7, 11) is 4.49. The van der Waals surface area contributed by atoms with Crippen LogP contribution in [0.15, 0.2) is 60.2 Å². The van der Waals surface area contributed by atoms with Gasteiger partial charge in [-0.1, -0.05) is 66.6 Å². The fourth-order valence-electron chi connectivity index (χ4n) is 7.25. The number of nitrogens with zero attached hydrogens (tertiary/aromatic N) is 1. The number of carbonyl (C=O) groups is 5. The number of aliphatic hydroxyl groups is 1. The SMILES string of the molecule is COc1cc2cc(c1Cl)N(C)C(=O)C[C@H](OC(=O)CCCC(=O)c1ccc(C(C)=O)cc1)[C@]1(C)O[C@H]1[C@H](C)[C@@H]1C[C@@](O)(NC(=O)O1)[C@H](OC)/C=C/C=C(\C)C2. The van der Waals surface area contributed by atoms with Crippen LogP contribution in [0.25, 0.3) is 0 Å². The normalized spacial score (nSPS) is 29.8. The van der Waals surface area contributed by atoms with Crippen LogP contribution in [-0.4, -0.2) is 91.7 Å². The number of alkyl carbamates (subject to hydrolysis) is 1. The molecule has 55 heavy (non-hydrogen) atoms. The Morgan fingerprint density at radius 3 is 2.44 bits per heavy atom. The van der Waals surface area contributed by atoms with Crippen LogP contribution >= 0.6 is 11.6 Å². The molecular formula is C41H49ClN2O11. The van der Waals surface area contributed by atoms with E-state index < -0.39 is 59.6 Å². The van der Waals surface area contributed by atoms with Gasteiger partial charge in [-0.05, 0) is 51.3 Å². The lowest BCUT2D eigenvalue weighted by Crippen LogP contribution is -2.63. The molecule has 14 heteroatoms. The van der Waals surface area contributed by atoms with Crippen molar-refractivity contribution in [1.29, 1.82) is 0 Å². The fraction of sp³-hybridized carbons (Fsp3) is 0.488. The third kappa shape index (κ3) is 9.46.